The molecule has 0 saturated heterocycles. The summed E-state index contributed by atoms with van der Waals surface area (Å²) in [7, 11) is 0. The molecule has 0 atom stereocenters. The van der Waals surface area contributed by atoms with Gasteiger partial charge < -0.3 is 5.32 Å². The van der Waals surface area contributed by atoms with E-state index in [-0.39, 0.29) is 11.5 Å². The number of hydrogen-bond acceptors (Lipinski definition) is 3. The number of aromatic nitrogens is 2. The lowest BCUT2D eigenvalue weighted by Gasteiger charge is -2.18. The molecule has 5 heteroatoms. The average Bonchev–Trinajstić information content (AvgIpc) is 2.54. The van der Waals surface area contributed by atoms with Crippen LogP contribution in [0, 0.1) is 0 Å². The van der Waals surface area contributed by atoms with E-state index in [0.717, 1.165) is 31.6 Å². The number of rotatable bonds is 4. The Morgan fingerprint density at radius 3 is 3.09 bits per heavy atom. The van der Waals surface area contributed by atoms with Crippen molar-refractivity contribution in [2.75, 3.05) is 5.32 Å². The van der Waals surface area contributed by atoms with Gasteiger partial charge in [-0.05, 0) is 37.5 Å². The van der Waals surface area contributed by atoms with Gasteiger partial charge in [-0.15, -0.1) is 6.58 Å². The first-order valence-electron chi connectivity index (χ1n) is 7.63. The fourth-order valence-electron chi connectivity index (χ4n) is 2.78. The maximum absolute atomic E-state index is 12.6. The van der Waals surface area contributed by atoms with Crippen LogP contribution in [-0.4, -0.2) is 15.5 Å². The van der Waals surface area contributed by atoms with Crippen LogP contribution in [0.3, 0.4) is 0 Å². The number of fused-ring (bicyclic) bond motifs is 2. The highest BCUT2D eigenvalue weighted by Gasteiger charge is 2.15. The summed E-state index contributed by atoms with van der Waals surface area (Å²) in [6.07, 6.45) is 5.68. The Morgan fingerprint density at radius 1 is 1.41 bits per heavy atom. The Balaban J connectivity index is 1.95. The van der Waals surface area contributed by atoms with Gasteiger partial charge >= 0.3 is 0 Å². The number of nitrogens with zero attached hydrogens (tertiary/aromatic N) is 2. The van der Waals surface area contributed by atoms with Crippen molar-refractivity contribution in [1.82, 2.24) is 9.55 Å². The highest BCUT2D eigenvalue weighted by Crippen LogP contribution is 2.18. The van der Waals surface area contributed by atoms with Gasteiger partial charge in [-0.25, -0.2) is 4.98 Å². The van der Waals surface area contributed by atoms with Gasteiger partial charge in [-0.1, -0.05) is 6.08 Å². The van der Waals surface area contributed by atoms with Crippen molar-refractivity contribution in [2.24, 2.45) is 0 Å². The van der Waals surface area contributed by atoms with E-state index in [1.807, 2.05) is 0 Å². The lowest BCUT2D eigenvalue weighted by Crippen LogP contribution is -2.28. The standard InChI is InChI=1S/C17H19N3O2/c1-2-3-7-16(21)18-12-8-9-14-13(11-12)17(22)20-10-5-4-6-15(20)19-14/h2,8-9,11H,1,3-7,10H2,(H,18,21). The normalized spacial score (nSPS) is 13.6. The second-order valence-electron chi connectivity index (χ2n) is 5.55. The van der Waals surface area contributed by atoms with E-state index < -0.39 is 0 Å². The summed E-state index contributed by atoms with van der Waals surface area (Å²) in [5.41, 5.74) is 1.32. The number of carbonyl (C=O) groups is 1. The van der Waals surface area contributed by atoms with Crippen LogP contribution in [0.25, 0.3) is 10.9 Å². The first-order valence-corrected chi connectivity index (χ1v) is 7.63. The van der Waals surface area contributed by atoms with E-state index in [2.05, 4.69) is 16.9 Å². The van der Waals surface area contributed by atoms with Gasteiger partial charge in [0.15, 0.2) is 0 Å². The minimum Gasteiger partial charge on any atom is -0.326 e. The van der Waals surface area contributed by atoms with Crippen molar-refractivity contribution in [3.05, 3.63) is 47.0 Å². The molecule has 0 unspecified atom stereocenters. The smallest absolute Gasteiger partial charge is 0.261 e. The molecular formula is C17H19N3O2. The summed E-state index contributed by atoms with van der Waals surface area (Å²) in [5, 5.41) is 3.38. The molecule has 0 fully saturated rings. The molecule has 3 rings (SSSR count). The molecule has 1 aliphatic heterocycles. The summed E-state index contributed by atoms with van der Waals surface area (Å²) in [5.74, 6) is 0.789. The Morgan fingerprint density at radius 2 is 2.27 bits per heavy atom. The molecule has 2 heterocycles. The summed E-state index contributed by atoms with van der Waals surface area (Å²) >= 11 is 0. The van der Waals surface area contributed by atoms with E-state index in [0.29, 0.717) is 29.4 Å². The summed E-state index contributed by atoms with van der Waals surface area (Å²) in [6.45, 7) is 4.33. The van der Waals surface area contributed by atoms with Gasteiger partial charge in [-0.2, -0.15) is 0 Å². The monoisotopic (exact) mass is 297 g/mol. The zero-order valence-corrected chi connectivity index (χ0v) is 12.5. The van der Waals surface area contributed by atoms with Crippen molar-refractivity contribution < 1.29 is 4.79 Å². The molecule has 114 valence electrons. The van der Waals surface area contributed by atoms with Crippen molar-refractivity contribution >= 4 is 22.5 Å². The quantitative estimate of drug-likeness (QED) is 0.882. The third-order valence-corrected chi connectivity index (χ3v) is 3.92. The number of carbonyl (C=O) groups excluding carboxylic acids is 1. The highest BCUT2D eigenvalue weighted by molar-refractivity contribution is 5.93. The molecule has 0 radical (unpaired) electrons. The van der Waals surface area contributed by atoms with Crippen molar-refractivity contribution in [1.29, 1.82) is 0 Å². The molecular weight excluding hydrogens is 278 g/mol. The number of amides is 1. The van der Waals surface area contributed by atoms with E-state index in [9.17, 15) is 9.59 Å². The van der Waals surface area contributed by atoms with Crippen LogP contribution in [0.4, 0.5) is 5.69 Å². The van der Waals surface area contributed by atoms with Gasteiger partial charge in [0.1, 0.15) is 5.82 Å². The maximum atomic E-state index is 12.6. The molecule has 0 bridgehead atoms. The zero-order chi connectivity index (χ0) is 15.5. The van der Waals surface area contributed by atoms with Crippen molar-refractivity contribution in [2.45, 2.75) is 38.6 Å². The molecule has 0 spiro atoms. The average molecular weight is 297 g/mol. The molecule has 0 aliphatic carbocycles. The lowest BCUT2D eigenvalue weighted by molar-refractivity contribution is -0.116. The SMILES string of the molecule is C=CCCC(=O)Nc1ccc2nc3n(c(=O)c2c1)CCCC3. The Labute approximate surface area is 128 Å². The minimum atomic E-state index is -0.0785. The largest absolute Gasteiger partial charge is 0.326 e. The van der Waals surface area contributed by atoms with E-state index in [1.54, 1.807) is 28.8 Å². The van der Waals surface area contributed by atoms with Gasteiger partial charge in [0.25, 0.3) is 5.56 Å². The fourth-order valence-corrected chi connectivity index (χ4v) is 2.78. The van der Waals surface area contributed by atoms with Crippen LogP contribution in [0.15, 0.2) is 35.6 Å². The molecule has 1 amide bonds. The lowest BCUT2D eigenvalue weighted by atomic mass is 10.1. The number of aryl methyl sites for hydroxylation is 1. The first kappa shape index (κ1) is 14.5. The van der Waals surface area contributed by atoms with Crippen molar-refractivity contribution in [3.8, 4) is 0 Å². The van der Waals surface area contributed by atoms with Gasteiger partial charge in [0.05, 0.1) is 10.9 Å². The molecule has 2 aromatic rings. The molecule has 1 aliphatic rings. The van der Waals surface area contributed by atoms with Crippen LogP contribution in [0.2, 0.25) is 0 Å². The third-order valence-electron chi connectivity index (χ3n) is 3.92. The van der Waals surface area contributed by atoms with E-state index >= 15 is 0 Å². The summed E-state index contributed by atoms with van der Waals surface area (Å²) in [4.78, 5) is 28.9. The summed E-state index contributed by atoms with van der Waals surface area (Å²) in [6, 6.07) is 5.31. The van der Waals surface area contributed by atoms with Gasteiger partial charge in [0, 0.05) is 25.1 Å². The molecule has 1 aromatic heterocycles. The summed E-state index contributed by atoms with van der Waals surface area (Å²) < 4.78 is 1.76. The topological polar surface area (TPSA) is 64.0 Å². The minimum absolute atomic E-state index is 0.0121. The molecule has 0 saturated carbocycles. The second-order valence-corrected chi connectivity index (χ2v) is 5.55. The predicted octanol–water partition coefficient (Wildman–Crippen LogP) is 2.64. The number of nitrogens with one attached hydrogen (secondary N) is 1. The zero-order valence-electron chi connectivity index (χ0n) is 12.5. The molecule has 1 aromatic carbocycles. The number of benzene rings is 1. The Bertz CT molecular complexity index is 792. The first-order chi connectivity index (χ1) is 10.7. The number of hydrogen-bond donors (Lipinski definition) is 1. The van der Waals surface area contributed by atoms with Gasteiger partial charge in [-0.3, -0.25) is 14.2 Å². The van der Waals surface area contributed by atoms with Crippen LogP contribution in [0.5, 0.6) is 0 Å². The molecule has 22 heavy (non-hydrogen) atoms. The number of anilines is 1. The fraction of sp³-hybridized carbons (Fsp3) is 0.353. The van der Waals surface area contributed by atoms with E-state index in [1.165, 1.54) is 0 Å². The number of allylic oxidation sites excluding steroid dienone is 1. The molecule has 1 N–H and O–H groups in total. The maximum Gasteiger partial charge on any atom is 0.261 e. The van der Waals surface area contributed by atoms with E-state index in [4.69, 9.17) is 0 Å². The highest BCUT2D eigenvalue weighted by atomic mass is 16.1. The van der Waals surface area contributed by atoms with Crippen LogP contribution < -0.4 is 10.9 Å². The second kappa shape index (κ2) is 6.13. The Hall–Kier alpha value is -2.43. The van der Waals surface area contributed by atoms with Crippen LogP contribution in [0.1, 0.15) is 31.5 Å². The van der Waals surface area contributed by atoms with Gasteiger partial charge in [0.2, 0.25) is 5.91 Å². The Kier molecular flexibility index (Phi) is 4.04. The molecule has 5 nitrogen and oxygen atoms in total. The predicted molar refractivity (Wildman–Crippen MR) is 87.0 cm³/mol. The third kappa shape index (κ3) is 2.79. The van der Waals surface area contributed by atoms with Crippen LogP contribution >= 0.6 is 0 Å². The van der Waals surface area contributed by atoms with Crippen LogP contribution in [-0.2, 0) is 17.8 Å². The van der Waals surface area contributed by atoms with Crippen molar-refractivity contribution in [3.63, 3.8) is 0 Å².